The van der Waals surface area contributed by atoms with Crippen molar-refractivity contribution in [3.05, 3.63) is 23.3 Å². The number of nitrogens with zero attached hydrogens (tertiary/aromatic N) is 1. The van der Waals surface area contributed by atoms with Crippen LogP contribution in [-0.4, -0.2) is 35.3 Å². The molecule has 0 aliphatic carbocycles. The van der Waals surface area contributed by atoms with Crippen LogP contribution in [-0.2, 0) is 6.18 Å². The van der Waals surface area contributed by atoms with Gasteiger partial charge in [-0.25, -0.2) is 0 Å². The predicted octanol–water partition coefficient (Wildman–Crippen LogP) is 2.07. The predicted molar refractivity (Wildman–Crippen MR) is 67.3 cm³/mol. The fourth-order valence-electron chi connectivity index (χ4n) is 2.73. The molecule has 0 amide bonds. The molecule has 7 heteroatoms. The average molecular weight is 290 g/mol. The van der Waals surface area contributed by atoms with E-state index in [2.05, 4.69) is 0 Å². The highest BCUT2D eigenvalue weighted by Gasteiger charge is 2.38. The Morgan fingerprint density at radius 1 is 1.30 bits per heavy atom. The molecule has 4 N–H and O–H groups in total. The van der Waals surface area contributed by atoms with Gasteiger partial charge in [0.25, 0.3) is 0 Å². The van der Waals surface area contributed by atoms with Crippen LogP contribution in [0.3, 0.4) is 0 Å². The summed E-state index contributed by atoms with van der Waals surface area (Å²) >= 11 is 0. The Bertz CT molecular complexity index is 505. The van der Waals surface area contributed by atoms with E-state index in [0.717, 1.165) is 6.07 Å². The molecule has 112 valence electrons. The van der Waals surface area contributed by atoms with Crippen molar-refractivity contribution in [3.8, 4) is 11.5 Å². The number of phenols is 2. The highest BCUT2D eigenvalue weighted by Crippen LogP contribution is 2.46. The molecule has 0 aromatic heterocycles. The van der Waals surface area contributed by atoms with E-state index in [1.54, 1.807) is 0 Å². The first-order valence-electron chi connectivity index (χ1n) is 6.28. The molecule has 0 saturated carbocycles. The average Bonchev–Trinajstić information content (AvgIpc) is 2.72. The number of benzene rings is 1. The van der Waals surface area contributed by atoms with Crippen LogP contribution in [0.2, 0.25) is 0 Å². The van der Waals surface area contributed by atoms with E-state index in [9.17, 15) is 23.4 Å². The van der Waals surface area contributed by atoms with Crippen LogP contribution in [0, 0.1) is 5.92 Å². The van der Waals surface area contributed by atoms with Crippen molar-refractivity contribution in [2.24, 2.45) is 11.7 Å². The number of nitrogens with two attached hydrogens (primary N) is 1. The molecule has 1 aromatic carbocycles. The van der Waals surface area contributed by atoms with Crippen molar-refractivity contribution in [3.63, 3.8) is 0 Å². The van der Waals surface area contributed by atoms with E-state index in [0.29, 0.717) is 25.1 Å². The summed E-state index contributed by atoms with van der Waals surface area (Å²) in [6, 6.07) is 1.78. The van der Waals surface area contributed by atoms with Crippen molar-refractivity contribution in [1.29, 1.82) is 0 Å². The van der Waals surface area contributed by atoms with Crippen LogP contribution in [0.25, 0.3) is 0 Å². The zero-order chi connectivity index (χ0) is 15.1. The first-order chi connectivity index (χ1) is 9.25. The second-order valence-electron chi connectivity index (χ2n) is 5.19. The van der Waals surface area contributed by atoms with E-state index < -0.39 is 23.2 Å². The molecule has 1 aliphatic rings. The van der Waals surface area contributed by atoms with Gasteiger partial charge in [0, 0.05) is 18.2 Å². The fraction of sp³-hybridized carbons (Fsp3) is 0.538. The third kappa shape index (κ3) is 2.55. The van der Waals surface area contributed by atoms with E-state index in [-0.39, 0.29) is 12.0 Å². The molecular formula is C13H17F3N2O2. The summed E-state index contributed by atoms with van der Waals surface area (Å²) in [5.74, 6) is -1.58. The first-order valence-corrected chi connectivity index (χ1v) is 6.28. The second kappa shape index (κ2) is 5.14. The van der Waals surface area contributed by atoms with E-state index >= 15 is 0 Å². The molecule has 1 aromatic rings. The first kappa shape index (κ1) is 14.9. The van der Waals surface area contributed by atoms with E-state index in [1.165, 1.54) is 6.07 Å². The third-order valence-corrected chi connectivity index (χ3v) is 3.81. The van der Waals surface area contributed by atoms with Crippen molar-refractivity contribution in [2.75, 3.05) is 20.1 Å². The summed E-state index contributed by atoms with van der Waals surface area (Å²) in [5.41, 5.74) is 4.67. The van der Waals surface area contributed by atoms with Crippen LogP contribution in [0.4, 0.5) is 13.2 Å². The molecule has 4 nitrogen and oxygen atoms in total. The summed E-state index contributed by atoms with van der Waals surface area (Å²) in [7, 11) is 1.81. The monoisotopic (exact) mass is 290 g/mol. The van der Waals surface area contributed by atoms with Gasteiger partial charge in [0.2, 0.25) is 0 Å². The minimum absolute atomic E-state index is 0.230. The summed E-state index contributed by atoms with van der Waals surface area (Å²) in [6.45, 7) is 1.19. The van der Waals surface area contributed by atoms with Gasteiger partial charge < -0.3 is 15.9 Å². The standard InChI is InChI=1S/C13H17F3N2O2/c1-18-6-7(5-17)4-10(18)8-2-3-9(13(14,15)16)12(20)11(8)19/h2-3,7,10,19-20H,4-6,17H2,1H3. The highest BCUT2D eigenvalue weighted by atomic mass is 19.4. The van der Waals surface area contributed by atoms with Crippen molar-refractivity contribution >= 4 is 0 Å². The normalized spacial score (nSPS) is 24.2. The molecule has 2 atom stereocenters. The topological polar surface area (TPSA) is 69.7 Å². The SMILES string of the molecule is CN1CC(CN)CC1c1ccc(C(F)(F)F)c(O)c1O. The summed E-state index contributed by atoms with van der Waals surface area (Å²) in [5, 5.41) is 19.4. The quantitative estimate of drug-likeness (QED) is 0.729. The van der Waals surface area contributed by atoms with Gasteiger partial charge in [-0.05, 0) is 32.0 Å². The van der Waals surface area contributed by atoms with Crippen LogP contribution in [0.1, 0.15) is 23.6 Å². The minimum atomic E-state index is -4.69. The maximum Gasteiger partial charge on any atom is 0.420 e. The van der Waals surface area contributed by atoms with E-state index in [1.807, 2.05) is 11.9 Å². The largest absolute Gasteiger partial charge is 0.504 e. The molecule has 20 heavy (non-hydrogen) atoms. The van der Waals surface area contributed by atoms with Crippen molar-refractivity contribution < 1.29 is 23.4 Å². The molecular weight excluding hydrogens is 273 g/mol. The smallest absolute Gasteiger partial charge is 0.420 e. The van der Waals surface area contributed by atoms with Crippen LogP contribution >= 0.6 is 0 Å². The van der Waals surface area contributed by atoms with Gasteiger partial charge >= 0.3 is 6.18 Å². The Balaban J connectivity index is 2.38. The molecule has 2 rings (SSSR count). The number of hydrogen-bond acceptors (Lipinski definition) is 4. The van der Waals surface area contributed by atoms with E-state index in [4.69, 9.17) is 5.73 Å². The zero-order valence-corrected chi connectivity index (χ0v) is 11.0. The van der Waals surface area contributed by atoms with Crippen molar-refractivity contribution in [2.45, 2.75) is 18.6 Å². The minimum Gasteiger partial charge on any atom is -0.504 e. The zero-order valence-electron chi connectivity index (χ0n) is 11.0. The van der Waals surface area contributed by atoms with Gasteiger partial charge in [-0.15, -0.1) is 0 Å². The maximum atomic E-state index is 12.6. The molecule has 1 fully saturated rings. The lowest BCUT2D eigenvalue weighted by Crippen LogP contribution is -2.20. The molecule has 1 saturated heterocycles. The number of halogens is 3. The fourth-order valence-corrected chi connectivity index (χ4v) is 2.73. The Morgan fingerprint density at radius 3 is 2.45 bits per heavy atom. The summed E-state index contributed by atoms with van der Waals surface area (Å²) in [4.78, 5) is 1.92. The van der Waals surface area contributed by atoms with Gasteiger partial charge in [-0.2, -0.15) is 13.2 Å². The Hall–Kier alpha value is -1.47. The van der Waals surface area contributed by atoms with Crippen LogP contribution in [0.5, 0.6) is 11.5 Å². The maximum absolute atomic E-state index is 12.6. The highest BCUT2D eigenvalue weighted by molar-refractivity contribution is 5.52. The lowest BCUT2D eigenvalue weighted by molar-refractivity contribution is -0.138. The summed E-state index contributed by atoms with van der Waals surface area (Å²) in [6.07, 6.45) is -4.05. The molecule has 1 aliphatic heterocycles. The molecule has 0 spiro atoms. The second-order valence-corrected chi connectivity index (χ2v) is 5.19. The van der Waals surface area contributed by atoms with Gasteiger partial charge in [-0.1, -0.05) is 6.07 Å². The molecule has 1 heterocycles. The Labute approximate surface area is 114 Å². The van der Waals surface area contributed by atoms with Gasteiger partial charge in [0.05, 0.1) is 0 Å². The number of rotatable bonds is 2. The van der Waals surface area contributed by atoms with Crippen LogP contribution < -0.4 is 5.73 Å². The van der Waals surface area contributed by atoms with Gasteiger partial charge in [0.15, 0.2) is 11.5 Å². The number of phenolic OH excluding ortho intramolecular Hbond substituents is 2. The molecule has 2 unspecified atom stereocenters. The lowest BCUT2D eigenvalue weighted by Gasteiger charge is -2.22. The number of alkyl halides is 3. The third-order valence-electron chi connectivity index (χ3n) is 3.81. The number of likely N-dealkylation sites (tertiary alicyclic amines) is 1. The number of aromatic hydroxyl groups is 2. The molecule has 0 bridgehead atoms. The van der Waals surface area contributed by atoms with Crippen molar-refractivity contribution in [1.82, 2.24) is 4.90 Å². The number of hydrogen-bond donors (Lipinski definition) is 3. The Morgan fingerprint density at radius 2 is 1.95 bits per heavy atom. The van der Waals surface area contributed by atoms with Crippen LogP contribution in [0.15, 0.2) is 12.1 Å². The summed E-state index contributed by atoms with van der Waals surface area (Å²) < 4.78 is 37.9. The van der Waals surface area contributed by atoms with Gasteiger partial charge in [-0.3, -0.25) is 4.90 Å². The van der Waals surface area contributed by atoms with Gasteiger partial charge in [0.1, 0.15) is 5.56 Å². The molecule has 0 radical (unpaired) electrons. The lowest BCUT2D eigenvalue weighted by atomic mass is 9.97. The Kier molecular flexibility index (Phi) is 3.84.